The molecule has 2 fully saturated rings. The van der Waals surface area contributed by atoms with Crippen molar-refractivity contribution >= 4 is 26.0 Å². The molecule has 1 saturated carbocycles. The third-order valence-electron chi connectivity index (χ3n) is 6.88. The average Bonchev–Trinajstić information content (AvgIpc) is 2.73. The van der Waals surface area contributed by atoms with Crippen LogP contribution in [0.15, 0.2) is 22.7 Å². The standard InChI is InChI=1S/C23H36BrFN2O2S/c1-2-30(28,29)26-22-8-5-18(6-9-22)4-3-13-27-14-11-19(12-15-27)16-20-17-21(25)7-10-23(20)24/h7,10,17-19,22,26H,2-6,8-9,11-16H2,1H3. The van der Waals surface area contributed by atoms with Crippen LogP contribution >= 0.6 is 15.9 Å². The summed E-state index contributed by atoms with van der Waals surface area (Å²) in [6.45, 7) is 5.14. The molecule has 4 nitrogen and oxygen atoms in total. The zero-order chi connectivity index (χ0) is 21.6. The van der Waals surface area contributed by atoms with E-state index in [0.29, 0.717) is 5.92 Å². The number of sulfonamides is 1. The normalized spacial score (nSPS) is 24.2. The van der Waals surface area contributed by atoms with Crippen molar-refractivity contribution in [1.29, 1.82) is 0 Å². The zero-order valence-electron chi connectivity index (χ0n) is 18.1. The molecule has 0 unspecified atom stereocenters. The Balaban J connectivity index is 1.30. The summed E-state index contributed by atoms with van der Waals surface area (Å²) in [6.07, 6.45) is 10.0. The third-order valence-corrected chi connectivity index (χ3v) is 9.11. The predicted molar refractivity (Wildman–Crippen MR) is 125 cm³/mol. The number of piperidine rings is 1. The molecule has 2 aliphatic rings. The summed E-state index contributed by atoms with van der Waals surface area (Å²) >= 11 is 3.55. The zero-order valence-corrected chi connectivity index (χ0v) is 20.5. The van der Waals surface area contributed by atoms with E-state index < -0.39 is 10.0 Å². The largest absolute Gasteiger partial charge is 0.303 e. The maximum atomic E-state index is 13.5. The molecule has 0 bridgehead atoms. The van der Waals surface area contributed by atoms with E-state index in [1.54, 1.807) is 13.0 Å². The van der Waals surface area contributed by atoms with Crippen LogP contribution in [0.2, 0.25) is 0 Å². The summed E-state index contributed by atoms with van der Waals surface area (Å²) in [5, 5.41) is 0. The van der Waals surface area contributed by atoms with Gasteiger partial charge in [0.15, 0.2) is 0 Å². The predicted octanol–water partition coefficient (Wildman–Crippen LogP) is 5.12. The molecule has 1 aromatic carbocycles. The van der Waals surface area contributed by atoms with Crippen molar-refractivity contribution in [3.8, 4) is 0 Å². The van der Waals surface area contributed by atoms with Gasteiger partial charge in [-0.15, -0.1) is 0 Å². The van der Waals surface area contributed by atoms with Gasteiger partial charge in [-0.05, 0) is 120 Å². The Labute approximate surface area is 190 Å². The molecule has 1 aliphatic carbocycles. The van der Waals surface area contributed by atoms with E-state index in [4.69, 9.17) is 0 Å². The van der Waals surface area contributed by atoms with Crippen LogP contribution in [-0.2, 0) is 16.4 Å². The topological polar surface area (TPSA) is 49.4 Å². The number of nitrogens with one attached hydrogen (secondary N) is 1. The Morgan fingerprint density at radius 3 is 2.47 bits per heavy atom. The monoisotopic (exact) mass is 502 g/mol. The van der Waals surface area contributed by atoms with Crippen molar-refractivity contribution < 1.29 is 12.8 Å². The van der Waals surface area contributed by atoms with Gasteiger partial charge in [0, 0.05) is 10.5 Å². The number of nitrogens with zero attached hydrogens (tertiary/aromatic N) is 1. The number of benzene rings is 1. The Hall–Kier alpha value is -0.500. The number of rotatable bonds is 9. The average molecular weight is 504 g/mol. The quantitative estimate of drug-likeness (QED) is 0.509. The fourth-order valence-electron chi connectivity index (χ4n) is 4.93. The van der Waals surface area contributed by atoms with Crippen molar-refractivity contribution in [3.05, 3.63) is 34.1 Å². The van der Waals surface area contributed by atoms with Gasteiger partial charge in [0.25, 0.3) is 0 Å². The first-order valence-corrected chi connectivity index (χ1v) is 14.0. The summed E-state index contributed by atoms with van der Waals surface area (Å²) in [7, 11) is -3.08. The summed E-state index contributed by atoms with van der Waals surface area (Å²) < 4.78 is 40.8. The fraction of sp³-hybridized carbons (Fsp3) is 0.739. The van der Waals surface area contributed by atoms with Crippen LogP contribution in [0.1, 0.15) is 63.9 Å². The molecule has 1 heterocycles. The van der Waals surface area contributed by atoms with Gasteiger partial charge >= 0.3 is 0 Å². The number of hydrogen-bond donors (Lipinski definition) is 1. The molecular formula is C23H36BrFN2O2S. The molecule has 1 aromatic rings. The molecule has 7 heteroatoms. The molecule has 1 saturated heterocycles. The second kappa shape index (κ2) is 11.4. The smallest absolute Gasteiger partial charge is 0.211 e. The van der Waals surface area contributed by atoms with Gasteiger partial charge in [-0.3, -0.25) is 0 Å². The molecule has 0 spiro atoms. The fourth-order valence-corrected chi connectivity index (χ4v) is 6.25. The van der Waals surface area contributed by atoms with Crippen LogP contribution in [0.3, 0.4) is 0 Å². The third kappa shape index (κ3) is 7.57. The highest BCUT2D eigenvalue weighted by atomic mass is 79.9. The minimum absolute atomic E-state index is 0.142. The number of halogens is 2. The van der Waals surface area contributed by atoms with Gasteiger partial charge in [-0.25, -0.2) is 17.5 Å². The first-order valence-electron chi connectivity index (χ1n) is 11.5. The van der Waals surface area contributed by atoms with Gasteiger partial charge in [-0.1, -0.05) is 15.9 Å². The lowest BCUT2D eigenvalue weighted by Gasteiger charge is -2.33. The van der Waals surface area contributed by atoms with Gasteiger partial charge < -0.3 is 4.90 Å². The van der Waals surface area contributed by atoms with E-state index in [0.717, 1.165) is 61.1 Å². The highest BCUT2D eigenvalue weighted by molar-refractivity contribution is 9.10. The van der Waals surface area contributed by atoms with Crippen LogP contribution in [0, 0.1) is 17.7 Å². The maximum Gasteiger partial charge on any atom is 0.211 e. The first-order chi connectivity index (χ1) is 14.3. The molecule has 0 radical (unpaired) electrons. The van der Waals surface area contributed by atoms with E-state index in [9.17, 15) is 12.8 Å². The number of hydrogen-bond acceptors (Lipinski definition) is 3. The highest BCUT2D eigenvalue weighted by Crippen LogP contribution is 2.29. The molecule has 0 aromatic heterocycles. The van der Waals surface area contributed by atoms with E-state index in [-0.39, 0.29) is 17.6 Å². The molecule has 3 rings (SSSR count). The molecular weight excluding hydrogens is 467 g/mol. The van der Waals surface area contributed by atoms with Gasteiger partial charge in [0.05, 0.1) is 5.75 Å². The molecule has 0 atom stereocenters. The number of likely N-dealkylation sites (tertiary alicyclic amines) is 1. The second-order valence-corrected chi connectivity index (χ2v) is 12.0. The maximum absolute atomic E-state index is 13.5. The lowest BCUT2D eigenvalue weighted by molar-refractivity contribution is 0.175. The van der Waals surface area contributed by atoms with E-state index in [1.165, 1.54) is 38.3 Å². The van der Waals surface area contributed by atoms with Crippen LogP contribution in [-0.4, -0.2) is 44.7 Å². The van der Waals surface area contributed by atoms with E-state index in [1.807, 2.05) is 6.07 Å². The Morgan fingerprint density at radius 1 is 1.10 bits per heavy atom. The van der Waals surface area contributed by atoms with Crippen LogP contribution in [0.25, 0.3) is 0 Å². The van der Waals surface area contributed by atoms with Crippen LogP contribution in [0.5, 0.6) is 0 Å². The minimum atomic E-state index is -3.08. The summed E-state index contributed by atoms with van der Waals surface area (Å²) in [5.41, 5.74) is 1.09. The highest BCUT2D eigenvalue weighted by Gasteiger charge is 2.25. The molecule has 1 N–H and O–H groups in total. The molecule has 1 aliphatic heterocycles. The Bertz CT molecular complexity index is 773. The lowest BCUT2D eigenvalue weighted by atomic mass is 9.83. The van der Waals surface area contributed by atoms with Gasteiger partial charge in [-0.2, -0.15) is 0 Å². The second-order valence-electron chi connectivity index (χ2n) is 9.11. The molecule has 0 amide bonds. The lowest BCUT2D eigenvalue weighted by Crippen LogP contribution is -2.38. The summed E-state index contributed by atoms with van der Waals surface area (Å²) in [4.78, 5) is 2.58. The van der Waals surface area contributed by atoms with Crippen molar-refractivity contribution in [3.63, 3.8) is 0 Å². The summed E-state index contributed by atoms with van der Waals surface area (Å²) in [6, 6.07) is 5.12. The van der Waals surface area contributed by atoms with E-state index in [2.05, 4.69) is 25.6 Å². The Morgan fingerprint density at radius 2 is 1.80 bits per heavy atom. The van der Waals surface area contributed by atoms with Crippen molar-refractivity contribution in [2.45, 2.75) is 70.8 Å². The minimum Gasteiger partial charge on any atom is -0.303 e. The van der Waals surface area contributed by atoms with Gasteiger partial charge in [0.2, 0.25) is 10.0 Å². The van der Waals surface area contributed by atoms with Gasteiger partial charge in [0.1, 0.15) is 5.82 Å². The van der Waals surface area contributed by atoms with Crippen LogP contribution < -0.4 is 4.72 Å². The molecule has 30 heavy (non-hydrogen) atoms. The Kier molecular flexibility index (Phi) is 9.17. The summed E-state index contributed by atoms with van der Waals surface area (Å²) in [5.74, 6) is 1.41. The van der Waals surface area contributed by atoms with Crippen molar-refractivity contribution in [1.82, 2.24) is 9.62 Å². The van der Waals surface area contributed by atoms with Crippen molar-refractivity contribution in [2.75, 3.05) is 25.4 Å². The van der Waals surface area contributed by atoms with E-state index >= 15 is 0 Å². The first kappa shape index (κ1) is 24.1. The van der Waals surface area contributed by atoms with Crippen molar-refractivity contribution in [2.24, 2.45) is 11.8 Å². The molecule has 170 valence electrons. The SMILES string of the molecule is CCS(=O)(=O)NC1CCC(CCCN2CCC(Cc3cc(F)ccc3Br)CC2)CC1. The van der Waals surface area contributed by atoms with Crippen LogP contribution in [0.4, 0.5) is 4.39 Å².